The molecule has 3 fully saturated rings. The van der Waals surface area contributed by atoms with Crippen molar-refractivity contribution in [2.75, 3.05) is 0 Å². The molecule has 5 nitrogen and oxygen atoms in total. The fraction of sp³-hybridized carbons (Fsp3) is 0.857. The number of carbonyl (C=O) groups is 2. The Kier molecular flexibility index (Phi) is 2.45. The minimum absolute atomic E-state index is 0.262. The van der Waals surface area contributed by atoms with Crippen molar-refractivity contribution in [3.8, 4) is 0 Å². The molecular formula is C14H21NO4. The second-order valence-corrected chi connectivity index (χ2v) is 7.14. The van der Waals surface area contributed by atoms with Gasteiger partial charge in [-0.3, -0.25) is 4.79 Å². The third kappa shape index (κ3) is 1.66. The van der Waals surface area contributed by atoms with Crippen molar-refractivity contribution in [3.05, 3.63) is 0 Å². The molecule has 19 heavy (non-hydrogen) atoms. The van der Waals surface area contributed by atoms with E-state index in [4.69, 9.17) is 4.74 Å². The van der Waals surface area contributed by atoms with Crippen molar-refractivity contribution in [2.45, 2.75) is 51.7 Å². The lowest BCUT2D eigenvalue weighted by Gasteiger charge is -2.25. The average molecular weight is 267 g/mol. The third-order valence-corrected chi connectivity index (χ3v) is 5.02. The molecule has 1 amide bonds. The maximum Gasteiger partial charge on any atom is 0.407 e. The van der Waals surface area contributed by atoms with Gasteiger partial charge in [0.05, 0.1) is 5.41 Å². The lowest BCUT2D eigenvalue weighted by Crippen LogP contribution is -2.46. The summed E-state index contributed by atoms with van der Waals surface area (Å²) in [5, 5.41) is 12.4. The van der Waals surface area contributed by atoms with Gasteiger partial charge in [0.2, 0.25) is 0 Å². The molecule has 5 atom stereocenters. The van der Waals surface area contributed by atoms with Crippen LogP contribution >= 0.6 is 0 Å². The molecule has 0 aromatic carbocycles. The number of nitrogens with one attached hydrogen (secondary N) is 1. The van der Waals surface area contributed by atoms with Crippen LogP contribution in [0, 0.1) is 23.2 Å². The number of ether oxygens (including phenoxy) is 1. The first-order chi connectivity index (χ1) is 8.76. The van der Waals surface area contributed by atoms with Crippen molar-refractivity contribution in [2.24, 2.45) is 23.2 Å². The van der Waals surface area contributed by atoms with Crippen LogP contribution in [0.25, 0.3) is 0 Å². The van der Waals surface area contributed by atoms with E-state index in [9.17, 15) is 14.7 Å². The largest absolute Gasteiger partial charge is 0.481 e. The van der Waals surface area contributed by atoms with Crippen LogP contribution in [0.15, 0.2) is 0 Å². The van der Waals surface area contributed by atoms with Crippen LogP contribution in [0.5, 0.6) is 0 Å². The number of fused-ring (bicyclic) bond motifs is 1. The minimum Gasteiger partial charge on any atom is -0.481 e. The van der Waals surface area contributed by atoms with E-state index in [0.717, 1.165) is 19.3 Å². The number of carboxylic acids is 1. The highest BCUT2D eigenvalue weighted by atomic mass is 16.6. The highest BCUT2D eigenvalue weighted by molar-refractivity contribution is 5.83. The topological polar surface area (TPSA) is 75.6 Å². The van der Waals surface area contributed by atoms with Gasteiger partial charge >= 0.3 is 12.1 Å². The molecule has 0 bridgehead atoms. The zero-order chi connectivity index (χ0) is 14.0. The highest BCUT2D eigenvalue weighted by Gasteiger charge is 2.81. The zero-order valence-corrected chi connectivity index (χ0v) is 11.6. The second-order valence-electron chi connectivity index (χ2n) is 7.14. The summed E-state index contributed by atoms with van der Waals surface area (Å²) in [6.07, 6.45) is 2.39. The predicted molar refractivity (Wildman–Crippen MR) is 67.5 cm³/mol. The number of carboxylic acid groups (broad SMARTS) is 1. The summed E-state index contributed by atoms with van der Waals surface area (Å²) in [7, 11) is 0. The molecule has 0 spiro atoms. The van der Waals surface area contributed by atoms with Gasteiger partial charge in [0.1, 0.15) is 5.60 Å². The van der Waals surface area contributed by atoms with E-state index in [2.05, 4.69) is 5.32 Å². The molecule has 0 saturated heterocycles. The Balaban J connectivity index is 1.72. The molecule has 5 heteroatoms. The van der Waals surface area contributed by atoms with Crippen molar-refractivity contribution in [1.82, 2.24) is 5.32 Å². The normalized spacial score (nSPS) is 42.7. The van der Waals surface area contributed by atoms with Gasteiger partial charge in [-0.2, -0.15) is 0 Å². The summed E-state index contributed by atoms with van der Waals surface area (Å²) in [6.45, 7) is 5.41. The van der Waals surface area contributed by atoms with E-state index >= 15 is 0 Å². The first-order valence-electron chi connectivity index (χ1n) is 6.99. The third-order valence-electron chi connectivity index (χ3n) is 5.02. The Morgan fingerprint density at radius 1 is 1.32 bits per heavy atom. The smallest absolute Gasteiger partial charge is 0.407 e. The molecule has 2 N–H and O–H groups in total. The van der Waals surface area contributed by atoms with Gasteiger partial charge in [-0.15, -0.1) is 0 Å². The molecular weight excluding hydrogens is 246 g/mol. The summed E-state index contributed by atoms with van der Waals surface area (Å²) < 4.78 is 5.24. The molecule has 0 heterocycles. The summed E-state index contributed by atoms with van der Waals surface area (Å²) in [6, 6.07) is -0.262. The van der Waals surface area contributed by atoms with Crippen LogP contribution in [0.2, 0.25) is 0 Å². The summed E-state index contributed by atoms with van der Waals surface area (Å²) in [4.78, 5) is 23.5. The van der Waals surface area contributed by atoms with Gasteiger partial charge < -0.3 is 15.2 Å². The van der Waals surface area contributed by atoms with E-state index < -0.39 is 23.1 Å². The molecule has 3 rings (SSSR count). The lowest BCUT2D eigenvalue weighted by atomic mass is 9.94. The standard InChI is InChI=1S/C14H21NO4/c1-13(2,3)19-12(18)15-9-6-7-4-5-8-10(7)14(8,9)11(16)17/h7-10H,4-6H2,1-3H3,(H,15,18)(H,16,17)/t7-,8+,9-,10?,14+/m1/s1. The summed E-state index contributed by atoms with van der Waals surface area (Å²) in [5.74, 6) is 0.278. The molecule has 106 valence electrons. The fourth-order valence-electron chi connectivity index (χ4n) is 4.55. The quantitative estimate of drug-likeness (QED) is 0.802. The monoisotopic (exact) mass is 267 g/mol. The van der Waals surface area contributed by atoms with Crippen LogP contribution in [-0.2, 0) is 9.53 Å². The van der Waals surface area contributed by atoms with Crippen LogP contribution in [0.3, 0.4) is 0 Å². The van der Waals surface area contributed by atoms with E-state index in [1.165, 1.54) is 0 Å². The Bertz CT molecular complexity index is 441. The number of carbonyl (C=O) groups excluding carboxylic acids is 1. The molecule has 3 saturated carbocycles. The number of amides is 1. The van der Waals surface area contributed by atoms with Gasteiger partial charge in [0.15, 0.2) is 0 Å². The summed E-state index contributed by atoms with van der Waals surface area (Å²) >= 11 is 0. The van der Waals surface area contributed by atoms with E-state index in [1.54, 1.807) is 20.8 Å². The van der Waals surface area contributed by atoms with Crippen LogP contribution in [0.1, 0.15) is 40.0 Å². The van der Waals surface area contributed by atoms with Crippen molar-refractivity contribution < 1.29 is 19.4 Å². The molecule has 1 unspecified atom stereocenters. The highest BCUT2D eigenvalue weighted by Crippen LogP contribution is 2.76. The average Bonchev–Trinajstić information content (AvgIpc) is 2.63. The van der Waals surface area contributed by atoms with Crippen LogP contribution < -0.4 is 5.32 Å². The molecule has 3 aliphatic carbocycles. The number of hydrogen-bond donors (Lipinski definition) is 2. The Labute approximate surface area is 112 Å². The Hall–Kier alpha value is -1.26. The maximum atomic E-state index is 11.9. The van der Waals surface area contributed by atoms with E-state index in [0.29, 0.717) is 5.92 Å². The molecule has 0 aromatic heterocycles. The first kappa shape index (κ1) is 12.8. The molecule has 0 aromatic rings. The van der Waals surface area contributed by atoms with E-state index in [-0.39, 0.29) is 17.9 Å². The van der Waals surface area contributed by atoms with Crippen LogP contribution in [-0.4, -0.2) is 28.8 Å². The van der Waals surface area contributed by atoms with Crippen molar-refractivity contribution in [1.29, 1.82) is 0 Å². The van der Waals surface area contributed by atoms with Crippen molar-refractivity contribution >= 4 is 12.1 Å². The van der Waals surface area contributed by atoms with Gasteiger partial charge in [0.25, 0.3) is 0 Å². The Morgan fingerprint density at radius 2 is 2.00 bits per heavy atom. The van der Waals surface area contributed by atoms with E-state index in [1.807, 2.05) is 0 Å². The lowest BCUT2D eigenvalue weighted by molar-refractivity contribution is -0.145. The molecule has 0 radical (unpaired) electrons. The molecule has 0 aliphatic heterocycles. The number of alkyl carbamates (subject to hydrolysis) is 1. The van der Waals surface area contributed by atoms with Gasteiger partial charge in [-0.05, 0) is 57.8 Å². The first-order valence-corrected chi connectivity index (χ1v) is 6.99. The van der Waals surface area contributed by atoms with Gasteiger partial charge in [0, 0.05) is 6.04 Å². The molecule has 3 aliphatic rings. The Morgan fingerprint density at radius 3 is 2.53 bits per heavy atom. The minimum atomic E-state index is -0.745. The van der Waals surface area contributed by atoms with Gasteiger partial charge in [-0.25, -0.2) is 4.79 Å². The summed E-state index contributed by atoms with van der Waals surface area (Å²) in [5.41, 5.74) is -1.25. The predicted octanol–water partition coefficient (Wildman–Crippen LogP) is 2.01. The fourth-order valence-corrected chi connectivity index (χ4v) is 4.55. The second kappa shape index (κ2) is 3.64. The maximum absolute atomic E-state index is 11.9. The zero-order valence-electron chi connectivity index (χ0n) is 11.6. The number of hydrogen-bond acceptors (Lipinski definition) is 3. The van der Waals surface area contributed by atoms with Crippen LogP contribution in [0.4, 0.5) is 4.79 Å². The van der Waals surface area contributed by atoms with Gasteiger partial charge in [-0.1, -0.05) is 0 Å². The van der Waals surface area contributed by atoms with Crippen molar-refractivity contribution in [3.63, 3.8) is 0 Å². The SMILES string of the molecule is CC(C)(C)OC(=O)N[C@@H]1C[C@H]2CC[C@H]3C2[C@@]13C(=O)O. The number of rotatable bonds is 2. The number of aliphatic carboxylic acids is 1.